The van der Waals surface area contributed by atoms with Gasteiger partial charge in [-0.3, -0.25) is 5.10 Å². The van der Waals surface area contributed by atoms with E-state index < -0.39 is 5.60 Å². The molecule has 1 saturated heterocycles. The zero-order valence-electron chi connectivity index (χ0n) is 18.8. The summed E-state index contributed by atoms with van der Waals surface area (Å²) in [6, 6.07) is 11.1. The molecule has 9 nitrogen and oxygen atoms in total. The summed E-state index contributed by atoms with van der Waals surface area (Å²) in [5, 5.41) is 22.2. The van der Waals surface area contributed by atoms with Crippen LogP contribution < -0.4 is 10.2 Å². The first-order valence-corrected chi connectivity index (χ1v) is 12.4. The summed E-state index contributed by atoms with van der Waals surface area (Å²) >= 11 is 1.41. The fourth-order valence-corrected chi connectivity index (χ4v) is 5.12. The Balaban J connectivity index is 1.24. The van der Waals surface area contributed by atoms with Gasteiger partial charge >= 0.3 is 5.97 Å². The lowest BCUT2D eigenvalue weighted by Gasteiger charge is -2.47. The smallest absolute Gasteiger partial charge is 0.337 e. The topological polar surface area (TPSA) is 116 Å². The molecule has 0 bridgehead atoms. The van der Waals surface area contributed by atoms with Crippen molar-refractivity contribution in [2.24, 2.45) is 5.92 Å². The molecule has 1 aromatic carbocycles. The van der Waals surface area contributed by atoms with Crippen LogP contribution in [-0.2, 0) is 4.74 Å². The molecule has 0 spiro atoms. The average molecular weight is 479 g/mol. The van der Waals surface area contributed by atoms with Gasteiger partial charge in [0.05, 0.1) is 25.8 Å². The van der Waals surface area contributed by atoms with Crippen LogP contribution in [0.25, 0.3) is 0 Å². The lowest BCUT2D eigenvalue weighted by atomic mass is 9.89. The van der Waals surface area contributed by atoms with Gasteiger partial charge in [0.1, 0.15) is 17.2 Å². The van der Waals surface area contributed by atoms with E-state index in [2.05, 4.69) is 20.4 Å². The third-order valence-corrected chi connectivity index (χ3v) is 7.51. The predicted octanol–water partition coefficient (Wildman–Crippen LogP) is 3.72. The van der Waals surface area contributed by atoms with Crippen molar-refractivity contribution < 1.29 is 14.6 Å². The monoisotopic (exact) mass is 478 g/mol. The first kappa shape index (κ1) is 21.4. The number of carbonyl (C=O) groups is 1. The molecule has 2 aliphatic carbocycles. The average Bonchev–Trinajstić information content (AvgIpc) is 3.75. The second-order valence-electron chi connectivity index (χ2n) is 9.35. The molecule has 3 N–H and O–H groups in total. The number of aromatic amines is 1. The van der Waals surface area contributed by atoms with Gasteiger partial charge in [0.25, 0.3) is 0 Å². The van der Waals surface area contributed by atoms with Crippen LogP contribution in [0.4, 0.5) is 17.5 Å². The van der Waals surface area contributed by atoms with Crippen molar-refractivity contribution in [1.29, 1.82) is 0 Å². The fourth-order valence-electron chi connectivity index (χ4n) is 4.36. The summed E-state index contributed by atoms with van der Waals surface area (Å²) in [5.74, 6) is 2.78. The van der Waals surface area contributed by atoms with Crippen molar-refractivity contribution in [2.45, 2.75) is 47.3 Å². The van der Waals surface area contributed by atoms with E-state index in [-0.39, 0.29) is 5.97 Å². The van der Waals surface area contributed by atoms with Gasteiger partial charge in [-0.15, -0.1) is 0 Å². The number of H-pyrrole nitrogens is 1. The number of nitrogens with one attached hydrogen (secondary N) is 2. The molecule has 0 radical (unpaired) electrons. The van der Waals surface area contributed by atoms with E-state index in [1.807, 2.05) is 24.3 Å². The molecule has 3 fully saturated rings. The number of rotatable bonds is 8. The molecule has 0 unspecified atom stereocenters. The molecule has 3 aromatic rings. The van der Waals surface area contributed by atoms with Crippen LogP contribution in [-0.4, -0.2) is 57.0 Å². The molecule has 176 valence electrons. The van der Waals surface area contributed by atoms with Gasteiger partial charge in [0, 0.05) is 28.6 Å². The summed E-state index contributed by atoms with van der Waals surface area (Å²) in [6.07, 6.45) is 4.61. The molecule has 3 aliphatic rings. The van der Waals surface area contributed by atoms with E-state index in [4.69, 9.17) is 14.7 Å². The number of nitrogens with zero attached hydrogens (tertiary/aromatic N) is 4. The zero-order chi connectivity index (χ0) is 23.3. The Bertz CT molecular complexity index is 1220. The lowest BCUT2D eigenvalue weighted by Crippen LogP contribution is -2.63. The van der Waals surface area contributed by atoms with Crippen molar-refractivity contribution in [2.75, 3.05) is 30.4 Å². The minimum Gasteiger partial charge on any atom is -0.465 e. The Hall–Kier alpha value is -3.11. The van der Waals surface area contributed by atoms with Crippen molar-refractivity contribution in [3.05, 3.63) is 47.7 Å². The van der Waals surface area contributed by atoms with Gasteiger partial charge in [0.2, 0.25) is 0 Å². The zero-order valence-corrected chi connectivity index (χ0v) is 19.6. The molecule has 0 amide bonds. The summed E-state index contributed by atoms with van der Waals surface area (Å²) in [7, 11) is 1.37. The van der Waals surface area contributed by atoms with Crippen molar-refractivity contribution in [3.63, 3.8) is 0 Å². The Morgan fingerprint density at radius 3 is 2.59 bits per heavy atom. The Kier molecular flexibility index (Phi) is 5.22. The summed E-state index contributed by atoms with van der Waals surface area (Å²) in [4.78, 5) is 24.2. The number of hydrogen-bond acceptors (Lipinski definition) is 9. The standard InChI is InChI=1S/C24H26N6O3S/c1-33-22(31)15-4-8-17(9-5-15)34-23-26-19(25-20-10-18(28-29-20)14-2-3-14)11-21(27-23)30-12-24(32,13-30)16-6-7-16/h4-5,8-11,14,16,32H,2-3,6-7,12-13H2,1H3,(H2,25,26,27,28,29). The Labute approximate surface area is 201 Å². The SMILES string of the molecule is COC(=O)c1ccc(Sc2nc(Nc3cc(C4CC4)[nH]n3)cc(N3CC(O)(C4CC4)C3)n2)cc1. The molecule has 6 rings (SSSR count). The number of carbonyl (C=O) groups excluding carboxylic acids is 1. The number of methoxy groups -OCH3 is 1. The largest absolute Gasteiger partial charge is 0.465 e. The summed E-state index contributed by atoms with van der Waals surface area (Å²) < 4.78 is 4.77. The number of β-amino-alcohol motifs (C(OH)–C–C–N with tert-alkyl or cyclic N) is 1. The summed E-state index contributed by atoms with van der Waals surface area (Å²) in [6.45, 7) is 1.17. The fraction of sp³-hybridized carbons (Fsp3) is 0.417. The molecule has 1 aliphatic heterocycles. The van der Waals surface area contributed by atoms with Crippen molar-refractivity contribution in [1.82, 2.24) is 20.2 Å². The van der Waals surface area contributed by atoms with E-state index in [1.165, 1.54) is 31.7 Å². The van der Waals surface area contributed by atoms with Crippen molar-refractivity contribution >= 4 is 35.2 Å². The second kappa shape index (κ2) is 8.28. The first-order valence-electron chi connectivity index (χ1n) is 11.5. The highest BCUT2D eigenvalue weighted by Gasteiger charge is 2.52. The normalized spacial score (nSPS) is 18.9. The van der Waals surface area contributed by atoms with E-state index in [1.54, 1.807) is 12.1 Å². The van der Waals surface area contributed by atoms with Crippen LogP contribution in [0.1, 0.15) is 47.7 Å². The molecular formula is C24H26N6O3S. The van der Waals surface area contributed by atoms with Crippen LogP contribution in [0.3, 0.4) is 0 Å². The van der Waals surface area contributed by atoms with Gasteiger partial charge in [0.15, 0.2) is 11.0 Å². The number of aliphatic hydroxyl groups is 1. The third-order valence-electron chi connectivity index (χ3n) is 6.64. The molecule has 10 heteroatoms. The minimum atomic E-state index is -0.600. The van der Waals surface area contributed by atoms with E-state index >= 15 is 0 Å². The maximum atomic E-state index is 11.7. The highest BCUT2D eigenvalue weighted by Crippen LogP contribution is 2.46. The Morgan fingerprint density at radius 2 is 1.91 bits per heavy atom. The van der Waals surface area contributed by atoms with Crippen LogP contribution in [0.2, 0.25) is 0 Å². The van der Waals surface area contributed by atoms with Crippen LogP contribution in [0, 0.1) is 5.92 Å². The second-order valence-corrected chi connectivity index (χ2v) is 10.4. The quantitative estimate of drug-likeness (QED) is 0.329. The highest BCUT2D eigenvalue weighted by atomic mass is 32.2. The van der Waals surface area contributed by atoms with Crippen LogP contribution in [0.15, 0.2) is 46.5 Å². The number of ether oxygens (including phenoxy) is 1. The number of aromatic nitrogens is 4. The van der Waals surface area contributed by atoms with E-state index in [9.17, 15) is 9.90 Å². The molecule has 2 saturated carbocycles. The van der Waals surface area contributed by atoms with Gasteiger partial charge in [-0.2, -0.15) is 5.10 Å². The molecular weight excluding hydrogens is 452 g/mol. The van der Waals surface area contributed by atoms with E-state index in [0.717, 1.165) is 35.1 Å². The third kappa shape index (κ3) is 4.35. The number of benzene rings is 1. The maximum Gasteiger partial charge on any atom is 0.337 e. The van der Waals surface area contributed by atoms with E-state index in [0.29, 0.717) is 41.5 Å². The predicted molar refractivity (Wildman–Crippen MR) is 128 cm³/mol. The number of anilines is 3. The summed E-state index contributed by atoms with van der Waals surface area (Å²) in [5.41, 5.74) is 1.04. The van der Waals surface area contributed by atoms with Gasteiger partial charge in [-0.05, 0) is 67.6 Å². The Morgan fingerprint density at radius 1 is 1.15 bits per heavy atom. The van der Waals surface area contributed by atoms with Crippen molar-refractivity contribution in [3.8, 4) is 0 Å². The first-order chi connectivity index (χ1) is 16.5. The maximum absolute atomic E-state index is 11.7. The number of hydrogen-bond donors (Lipinski definition) is 3. The van der Waals surface area contributed by atoms with Gasteiger partial charge < -0.3 is 20.1 Å². The van der Waals surface area contributed by atoms with Crippen LogP contribution >= 0.6 is 11.8 Å². The lowest BCUT2D eigenvalue weighted by molar-refractivity contribution is -0.00981. The molecule has 2 aromatic heterocycles. The minimum absolute atomic E-state index is 0.369. The van der Waals surface area contributed by atoms with Gasteiger partial charge in [-0.25, -0.2) is 14.8 Å². The molecule has 0 atom stereocenters. The van der Waals surface area contributed by atoms with Gasteiger partial charge in [-0.1, -0.05) is 0 Å². The highest BCUT2D eigenvalue weighted by molar-refractivity contribution is 7.99. The van der Waals surface area contributed by atoms with Crippen LogP contribution in [0.5, 0.6) is 0 Å². The number of esters is 1. The molecule has 34 heavy (non-hydrogen) atoms. The molecule has 3 heterocycles.